The number of aromatic nitrogens is 1. The smallest absolute Gasteiger partial charge is 0.420 e. The normalized spacial score (nSPS) is 18.8. The van der Waals surface area contributed by atoms with Gasteiger partial charge < -0.3 is 35.0 Å². The van der Waals surface area contributed by atoms with Crippen LogP contribution in [0.3, 0.4) is 0 Å². The summed E-state index contributed by atoms with van der Waals surface area (Å²) in [6.45, 7) is 11.4. The number of benzene rings is 2. The van der Waals surface area contributed by atoms with Crippen molar-refractivity contribution in [1.29, 1.82) is 5.26 Å². The number of aryl methyl sites for hydroxylation is 1. The van der Waals surface area contributed by atoms with E-state index in [0.717, 1.165) is 41.0 Å². The number of carbonyl (C=O) groups is 4. The first-order valence-corrected chi connectivity index (χ1v) is 21.4. The molecule has 66 heavy (non-hydrogen) atoms. The van der Waals surface area contributed by atoms with Gasteiger partial charge in [0, 0.05) is 43.9 Å². The Morgan fingerprint density at radius 1 is 1.08 bits per heavy atom. The fourth-order valence-corrected chi connectivity index (χ4v) is 8.51. The van der Waals surface area contributed by atoms with Gasteiger partial charge in [0.15, 0.2) is 10.9 Å². The van der Waals surface area contributed by atoms with Gasteiger partial charge in [0.2, 0.25) is 23.6 Å². The van der Waals surface area contributed by atoms with Crippen LogP contribution in [0.4, 0.5) is 28.9 Å². The highest BCUT2D eigenvalue weighted by Gasteiger charge is 2.52. The molecule has 3 aliphatic rings. The van der Waals surface area contributed by atoms with Crippen molar-refractivity contribution in [3.05, 3.63) is 88.0 Å². The Labute approximate surface area is 384 Å². The fraction of sp³-hybridized carbons (Fsp3) is 0.435. The number of aliphatic hydroxyl groups excluding tert-OH is 1. The maximum Gasteiger partial charge on any atom is 0.420 e. The third kappa shape index (κ3) is 10.2. The quantitative estimate of drug-likeness (QED) is 0.102. The van der Waals surface area contributed by atoms with Crippen LogP contribution in [0.5, 0.6) is 5.88 Å². The van der Waals surface area contributed by atoms with E-state index in [-0.39, 0.29) is 49.4 Å². The number of hydrogen-bond acceptors (Lipinski definition) is 11. The van der Waals surface area contributed by atoms with Crippen LogP contribution in [0, 0.1) is 29.5 Å². The highest BCUT2D eigenvalue weighted by molar-refractivity contribution is 7.81. The van der Waals surface area contributed by atoms with E-state index in [4.69, 9.17) is 21.7 Å². The number of aliphatic imine (C=N–C) groups is 1. The third-order valence-electron chi connectivity index (χ3n) is 11.5. The highest BCUT2D eigenvalue weighted by atomic mass is 32.1. The number of halogens is 4. The molecule has 0 radical (unpaired) electrons. The van der Waals surface area contributed by atoms with Crippen molar-refractivity contribution in [3.63, 3.8) is 0 Å². The van der Waals surface area contributed by atoms with E-state index >= 15 is 4.39 Å². The average Bonchev–Trinajstić information content (AvgIpc) is 3.91. The van der Waals surface area contributed by atoms with Crippen LogP contribution in [0.25, 0.3) is 5.57 Å². The standard InChI is InChI=1S/C46H50F4N8O7S/c1-25-18-36(53-22-34(25)58-43(66)57(42(63)45(58,6)7)32-13-12-29(20-51)37(38(32)47)46(48,49)50)65-17-16-64-24-35(60)55-39(44(3,4)5)41(62)56-23-30(59)19-33(56)40(61)54-21-27-8-10-28(11-9-27)31-14-15-52-26(31)2/h8-13,15,18,22,30,33,39,59H,14,16-17,19,21,23-24H2,1-7H3,(H,54,61)(H,55,60)/t30-,33+,39-/m1/s1. The molecular formula is C46H50F4N8O7S. The molecule has 3 aromatic rings. The zero-order valence-electron chi connectivity index (χ0n) is 37.4. The number of nitriles is 1. The van der Waals surface area contributed by atoms with Gasteiger partial charge in [0.25, 0.3) is 5.91 Å². The van der Waals surface area contributed by atoms with Gasteiger partial charge in [-0.3, -0.25) is 29.1 Å². The summed E-state index contributed by atoms with van der Waals surface area (Å²) in [6.07, 6.45) is -2.16. The Hall–Kier alpha value is -6.30. The molecule has 3 N–H and O–H groups in total. The summed E-state index contributed by atoms with van der Waals surface area (Å²) < 4.78 is 68.1. The van der Waals surface area contributed by atoms with Gasteiger partial charge >= 0.3 is 6.18 Å². The zero-order chi connectivity index (χ0) is 48.5. The predicted octanol–water partition coefficient (Wildman–Crippen LogP) is 5.75. The number of thiocarbonyl (C=S) groups is 1. The molecule has 2 aromatic carbocycles. The lowest BCUT2D eigenvalue weighted by Gasteiger charge is -2.35. The molecule has 15 nitrogen and oxygen atoms in total. The number of amides is 4. The number of ether oxygens (including phenoxy) is 2. The van der Waals surface area contributed by atoms with Crippen LogP contribution in [0.2, 0.25) is 0 Å². The average molecular weight is 935 g/mol. The van der Waals surface area contributed by atoms with Crippen molar-refractivity contribution in [3.8, 4) is 11.9 Å². The number of alkyl halides is 3. The summed E-state index contributed by atoms with van der Waals surface area (Å²) >= 11 is 5.53. The second kappa shape index (κ2) is 19.3. The number of rotatable bonds is 14. The van der Waals surface area contributed by atoms with Crippen LogP contribution in [-0.2, 0) is 36.6 Å². The molecular weight excluding hydrogens is 885 g/mol. The Bertz CT molecular complexity index is 2530. The lowest BCUT2D eigenvalue weighted by atomic mass is 9.85. The number of carbonyl (C=O) groups excluding carboxylic acids is 4. The summed E-state index contributed by atoms with van der Waals surface area (Å²) in [5.74, 6) is -4.08. The van der Waals surface area contributed by atoms with E-state index in [1.165, 1.54) is 42.0 Å². The van der Waals surface area contributed by atoms with Gasteiger partial charge in [-0.25, -0.2) is 9.37 Å². The molecule has 0 spiro atoms. The maximum absolute atomic E-state index is 15.5. The van der Waals surface area contributed by atoms with Crippen LogP contribution in [-0.4, -0.2) is 100 Å². The largest absolute Gasteiger partial charge is 0.475 e. The summed E-state index contributed by atoms with van der Waals surface area (Å²) in [6, 6.07) is 10.3. The first-order valence-electron chi connectivity index (χ1n) is 21.0. The van der Waals surface area contributed by atoms with Crippen LogP contribution in [0.1, 0.15) is 82.2 Å². The van der Waals surface area contributed by atoms with Crippen molar-refractivity contribution in [2.75, 3.05) is 36.2 Å². The molecule has 2 saturated heterocycles. The molecule has 6 rings (SSSR count). The molecule has 0 unspecified atom stereocenters. The van der Waals surface area contributed by atoms with Crippen LogP contribution >= 0.6 is 12.2 Å². The number of aliphatic hydroxyl groups is 1. The minimum Gasteiger partial charge on any atom is -0.475 e. The molecule has 3 aliphatic heterocycles. The SMILES string of the molecule is CC1=C(c2ccc(CNC(=O)[C@@H]3C[C@@H](O)CN3C(=O)[C@@H](NC(=O)COCCOc3cc(C)c(N4C(=S)N(c5ccc(C#N)c(C(F)(F)F)c5F)C(=O)C4(C)C)cn3)C(C)(C)C)cc2)CC=N1. The Morgan fingerprint density at radius 2 is 1.77 bits per heavy atom. The van der Waals surface area contributed by atoms with Gasteiger partial charge in [-0.15, -0.1) is 0 Å². The Morgan fingerprint density at radius 3 is 2.38 bits per heavy atom. The molecule has 20 heteroatoms. The molecule has 4 amide bonds. The number of nitrogens with one attached hydrogen (secondary N) is 2. The lowest BCUT2D eigenvalue weighted by molar-refractivity contribution is -0.144. The number of β-amino-alcohol motifs (C(OH)–C–C–N with tert-alkyl or cyclic N) is 1. The molecule has 350 valence electrons. The zero-order valence-corrected chi connectivity index (χ0v) is 38.2. The Kier molecular flexibility index (Phi) is 14.3. The fourth-order valence-electron chi connectivity index (χ4n) is 8.01. The minimum atomic E-state index is -5.22. The molecule has 3 atom stereocenters. The van der Waals surface area contributed by atoms with Crippen molar-refractivity contribution < 1.29 is 51.3 Å². The predicted molar refractivity (Wildman–Crippen MR) is 240 cm³/mol. The van der Waals surface area contributed by atoms with E-state index in [1.54, 1.807) is 27.7 Å². The number of anilines is 2. The number of allylic oxidation sites excluding steroid dienone is 2. The van der Waals surface area contributed by atoms with Crippen LogP contribution in [0.15, 0.2) is 59.4 Å². The van der Waals surface area contributed by atoms with E-state index in [1.807, 2.05) is 37.4 Å². The molecule has 0 saturated carbocycles. The molecule has 2 fully saturated rings. The maximum atomic E-state index is 15.5. The van der Waals surface area contributed by atoms with Gasteiger partial charge in [0.1, 0.15) is 36.4 Å². The minimum absolute atomic E-state index is 0.0348. The van der Waals surface area contributed by atoms with E-state index in [0.29, 0.717) is 10.5 Å². The number of pyridine rings is 1. The third-order valence-corrected chi connectivity index (χ3v) is 11.9. The number of nitrogens with zero attached hydrogens (tertiary/aromatic N) is 6. The van der Waals surface area contributed by atoms with Gasteiger partial charge in [0.05, 0.1) is 41.9 Å². The second-order valence-electron chi connectivity index (χ2n) is 17.7. The summed E-state index contributed by atoms with van der Waals surface area (Å²) in [5.41, 5.74) is -1.03. The van der Waals surface area contributed by atoms with Crippen molar-refractivity contribution in [2.45, 2.75) is 97.8 Å². The van der Waals surface area contributed by atoms with E-state index < -0.39 is 88.2 Å². The monoisotopic (exact) mass is 934 g/mol. The van der Waals surface area contributed by atoms with Gasteiger partial charge in [-0.1, -0.05) is 45.0 Å². The second-order valence-corrected chi connectivity index (χ2v) is 18.1. The number of likely N-dealkylation sites (tertiary alicyclic amines) is 1. The van der Waals surface area contributed by atoms with Gasteiger partial charge in [-0.05, 0) is 79.7 Å². The first-order chi connectivity index (χ1) is 30.9. The topological polar surface area (TPSA) is 190 Å². The van der Waals surface area contributed by atoms with Crippen LogP contribution < -0.4 is 25.2 Å². The van der Waals surface area contributed by atoms with Crippen molar-refractivity contribution in [1.82, 2.24) is 20.5 Å². The molecule has 4 heterocycles. The van der Waals surface area contributed by atoms with Crippen molar-refractivity contribution >= 4 is 64.1 Å². The number of hydrogen-bond donors (Lipinski definition) is 3. The summed E-state index contributed by atoms with van der Waals surface area (Å²) in [7, 11) is 0. The summed E-state index contributed by atoms with van der Waals surface area (Å²) in [4.78, 5) is 66.1. The Balaban J connectivity index is 1.01. The van der Waals surface area contributed by atoms with E-state index in [9.17, 15) is 42.7 Å². The molecule has 0 aliphatic carbocycles. The lowest BCUT2D eigenvalue weighted by Crippen LogP contribution is -2.58. The van der Waals surface area contributed by atoms with Crippen molar-refractivity contribution in [2.24, 2.45) is 10.4 Å². The molecule has 0 bridgehead atoms. The first kappa shape index (κ1) is 49.1. The molecule has 1 aromatic heterocycles. The van der Waals surface area contributed by atoms with E-state index in [2.05, 4.69) is 20.6 Å². The highest BCUT2D eigenvalue weighted by Crippen LogP contribution is 2.42. The summed E-state index contributed by atoms with van der Waals surface area (Å²) in [5, 5.41) is 25.0. The van der Waals surface area contributed by atoms with Gasteiger partial charge in [-0.2, -0.15) is 18.4 Å².